The Bertz CT molecular complexity index is 337. The zero-order valence-corrected chi connectivity index (χ0v) is 12.1. The summed E-state index contributed by atoms with van der Waals surface area (Å²) >= 11 is 0. The van der Waals surface area contributed by atoms with E-state index in [9.17, 15) is 0 Å². The molecule has 0 heterocycles. The van der Waals surface area contributed by atoms with Gasteiger partial charge in [0.1, 0.15) is 0 Å². The van der Waals surface area contributed by atoms with E-state index in [0.717, 1.165) is 29.6 Å². The van der Waals surface area contributed by atoms with Gasteiger partial charge >= 0.3 is 0 Å². The van der Waals surface area contributed by atoms with Crippen LogP contribution in [0.4, 0.5) is 0 Å². The summed E-state index contributed by atoms with van der Waals surface area (Å²) in [5, 5.41) is 0. The lowest BCUT2D eigenvalue weighted by Crippen LogP contribution is -2.04. The molecule has 18 heavy (non-hydrogen) atoms. The Morgan fingerprint density at radius 1 is 1.33 bits per heavy atom. The van der Waals surface area contributed by atoms with Crippen molar-refractivity contribution in [2.24, 2.45) is 29.6 Å². The maximum absolute atomic E-state index is 2.54. The molecule has 0 bridgehead atoms. The minimum absolute atomic E-state index is 0.919. The Morgan fingerprint density at radius 3 is 2.72 bits per heavy atom. The largest absolute Gasteiger partial charge is 0.0851 e. The number of fused-ring (bicyclic) bond motifs is 1. The van der Waals surface area contributed by atoms with Crippen LogP contribution in [0.3, 0.4) is 0 Å². The molecule has 3 aliphatic rings. The van der Waals surface area contributed by atoms with Crippen LogP contribution in [0.5, 0.6) is 0 Å². The number of allylic oxidation sites excluding steroid dienone is 4. The van der Waals surface area contributed by atoms with Crippen LogP contribution in [-0.2, 0) is 0 Å². The highest BCUT2D eigenvalue weighted by molar-refractivity contribution is 5.14. The Balaban J connectivity index is 1.41. The molecular weight excluding hydrogens is 216 g/mol. The second-order valence-electron chi connectivity index (χ2n) is 6.91. The van der Waals surface area contributed by atoms with Gasteiger partial charge in [-0.3, -0.25) is 0 Å². The van der Waals surface area contributed by atoms with E-state index in [-0.39, 0.29) is 0 Å². The van der Waals surface area contributed by atoms with Gasteiger partial charge in [-0.05, 0) is 68.1 Å². The third-order valence-electron chi connectivity index (χ3n) is 5.77. The molecular formula is C18H28. The lowest BCUT2D eigenvalue weighted by Gasteiger charge is -2.14. The average Bonchev–Trinajstić information content (AvgIpc) is 2.78. The van der Waals surface area contributed by atoms with E-state index in [1.165, 1.54) is 44.9 Å². The zero-order chi connectivity index (χ0) is 12.5. The molecule has 0 saturated heterocycles. The molecule has 0 spiro atoms. The van der Waals surface area contributed by atoms with Gasteiger partial charge in [-0.15, -0.1) is 0 Å². The topological polar surface area (TPSA) is 0 Å². The van der Waals surface area contributed by atoms with Gasteiger partial charge in [0.25, 0.3) is 0 Å². The van der Waals surface area contributed by atoms with Gasteiger partial charge in [-0.1, -0.05) is 44.1 Å². The highest BCUT2D eigenvalue weighted by atomic mass is 14.6. The van der Waals surface area contributed by atoms with E-state index in [2.05, 4.69) is 32.1 Å². The highest BCUT2D eigenvalue weighted by Gasteiger charge is 2.56. The van der Waals surface area contributed by atoms with E-state index >= 15 is 0 Å². The molecule has 3 rings (SSSR count). The normalized spacial score (nSPS) is 40.0. The van der Waals surface area contributed by atoms with E-state index < -0.39 is 0 Å². The fourth-order valence-corrected chi connectivity index (χ4v) is 4.54. The third-order valence-corrected chi connectivity index (χ3v) is 5.77. The average molecular weight is 244 g/mol. The first kappa shape index (κ1) is 12.5. The second kappa shape index (κ2) is 5.23. The highest BCUT2D eigenvalue weighted by Crippen LogP contribution is 2.63. The Kier molecular flexibility index (Phi) is 3.63. The van der Waals surface area contributed by atoms with Crippen molar-refractivity contribution in [3.05, 3.63) is 23.8 Å². The molecule has 0 aliphatic heterocycles. The van der Waals surface area contributed by atoms with Crippen LogP contribution in [-0.4, -0.2) is 0 Å². The first-order chi connectivity index (χ1) is 8.79. The summed E-state index contributed by atoms with van der Waals surface area (Å²) in [6, 6.07) is 0. The van der Waals surface area contributed by atoms with E-state index in [1.54, 1.807) is 5.57 Å². The van der Waals surface area contributed by atoms with Crippen molar-refractivity contribution in [1.29, 1.82) is 0 Å². The Labute approximate surface area is 113 Å². The first-order valence-corrected chi connectivity index (χ1v) is 8.14. The van der Waals surface area contributed by atoms with E-state index in [1.807, 2.05) is 0 Å². The molecule has 2 fully saturated rings. The summed E-state index contributed by atoms with van der Waals surface area (Å²) in [7, 11) is 0. The summed E-state index contributed by atoms with van der Waals surface area (Å²) in [6.45, 7) is 4.81. The number of hydrogen-bond donors (Lipinski definition) is 0. The zero-order valence-electron chi connectivity index (χ0n) is 12.1. The fraction of sp³-hybridized carbons (Fsp3) is 0.778. The monoisotopic (exact) mass is 244 g/mol. The van der Waals surface area contributed by atoms with Crippen LogP contribution in [0.2, 0.25) is 0 Å². The molecule has 0 nitrogen and oxygen atoms in total. The molecule has 3 aliphatic carbocycles. The summed E-state index contributed by atoms with van der Waals surface area (Å²) in [5.41, 5.74) is 1.69. The molecule has 0 aromatic rings. The minimum Gasteiger partial charge on any atom is -0.0851 e. The van der Waals surface area contributed by atoms with Gasteiger partial charge in [0.05, 0.1) is 0 Å². The maximum Gasteiger partial charge on any atom is -0.0139 e. The van der Waals surface area contributed by atoms with Gasteiger partial charge in [0.2, 0.25) is 0 Å². The summed E-state index contributed by atoms with van der Waals surface area (Å²) in [4.78, 5) is 0. The van der Waals surface area contributed by atoms with Crippen molar-refractivity contribution in [2.75, 3.05) is 0 Å². The molecule has 100 valence electrons. The van der Waals surface area contributed by atoms with Crippen molar-refractivity contribution >= 4 is 0 Å². The van der Waals surface area contributed by atoms with Gasteiger partial charge in [-0.2, -0.15) is 0 Å². The number of hydrogen-bond acceptors (Lipinski definition) is 0. The van der Waals surface area contributed by atoms with Crippen LogP contribution in [0, 0.1) is 29.6 Å². The molecule has 0 radical (unpaired) electrons. The predicted octanol–water partition coefficient (Wildman–Crippen LogP) is 5.36. The van der Waals surface area contributed by atoms with E-state index in [4.69, 9.17) is 0 Å². The molecule has 0 N–H and O–H groups in total. The molecule has 0 amide bonds. The molecule has 0 aromatic carbocycles. The lowest BCUT2D eigenvalue weighted by molar-refractivity contribution is 0.389. The minimum atomic E-state index is 0.919. The van der Waals surface area contributed by atoms with Crippen LogP contribution in [0.1, 0.15) is 58.8 Å². The maximum atomic E-state index is 2.54. The smallest absolute Gasteiger partial charge is 0.0139 e. The van der Waals surface area contributed by atoms with E-state index in [0.29, 0.717) is 0 Å². The Morgan fingerprint density at radius 2 is 2.11 bits per heavy atom. The van der Waals surface area contributed by atoms with Crippen LogP contribution in [0.15, 0.2) is 23.8 Å². The quantitative estimate of drug-likeness (QED) is 0.571. The SMILES string of the molecule is CCC(C)C1C2CC(/C=C/CC3=CCCC3)CC21. The van der Waals surface area contributed by atoms with Gasteiger partial charge in [0, 0.05) is 0 Å². The van der Waals surface area contributed by atoms with Crippen molar-refractivity contribution in [2.45, 2.75) is 58.8 Å². The van der Waals surface area contributed by atoms with Gasteiger partial charge < -0.3 is 0 Å². The Hall–Kier alpha value is -0.520. The first-order valence-electron chi connectivity index (χ1n) is 8.14. The second-order valence-corrected chi connectivity index (χ2v) is 6.91. The predicted molar refractivity (Wildman–Crippen MR) is 78.3 cm³/mol. The molecule has 0 heteroatoms. The van der Waals surface area contributed by atoms with Crippen molar-refractivity contribution < 1.29 is 0 Å². The fourth-order valence-electron chi connectivity index (χ4n) is 4.54. The molecule has 3 atom stereocenters. The number of rotatable bonds is 5. The lowest BCUT2D eigenvalue weighted by atomic mass is 9.91. The summed E-state index contributed by atoms with van der Waals surface area (Å²) in [6.07, 6.45) is 17.1. The molecule has 3 unspecified atom stereocenters. The molecule has 0 aromatic heterocycles. The summed E-state index contributed by atoms with van der Waals surface area (Å²) in [5.74, 6) is 5.19. The molecule has 2 saturated carbocycles. The van der Waals surface area contributed by atoms with Gasteiger partial charge in [-0.25, -0.2) is 0 Å². The van der Waals surface area contributed by atoms with Gasteiger partial charge in [0.15, 0.2) is 0 Å². The van der Waals surface area contributed by atoms with Crippen LogP contribution < -0.4 is 0 Å². The summed E-state index contributed by atoms with van der Waals surface area (Å²) < 4.78 is 0. The van der Waals surface area contributed by atoms with Crippen molar-refractivity contribution in [1.82, 2.24) is 0 Å². The van der Waals surface area contributed by atoms with Crippen molar-refractivity contribution in [3.8, 4) is 0 Å². The third kappa shape index (κ3) is 2.44. The van der Waals surface area contributed by atoms with Crippen LogP contribution in [0.25, 0.3) is 0 Å². The van der Waals surface area contributed by atoms with Crippen LogP contribution >= 0.6 is 0 Å². The van der Waals surface area contributed by atoms with Crippen molar-refractivity contribution in [3.63, 3.8) is 0 Å². The standard InChI is InChI=1S/C18H28/c1-3-13(2)18-16-11-15(12-17(16)18)10-6-9-14-7-4-5-8-14/h6-7,10,13,15-18H,3-5,8-9,11-12H2,1-2H3/b10-6+.